The molecule has 1 saturated heterocycles. The second-order valence-corrected chi connectivity index (χ2v) is 12.5. The van der Waals surface area contributed by atoms with E-state index in [9.17, 15) is 9.59 Å². The maximum Gasteiger partial charge on any atom is 0.259 e. The Bertz CT molecular complexity index is 1170. The van der Waals surface area contributed by atoms with Crippen LogP contribution < -0.4 is 10.9 Å². The number of anilines is 1. The first-order valence-corrected chi connectivity index (χ1v) is 14.5. The van der Waals surface area contributed by atoms with Crippen molar-refractivity contribution in [1.82, 2.24) is 9.97 Å². The van der Waals surface area contributed by atoms with Gasteiger partial charge in [0.15, 0.2) is 0 Å². The number of hydrogen-bond acceptors (Lipinski definition) is 7. The van der Waals surface area contributed by atoms with Gasteiger partial charge in [0.05, 0.1) is 15.7 Å². The number of amides is 1. The van der Waals surface area contributed by atoms with Gasteiger partial charge in [-0.3, -0.25) is 9.59 Å². The summed E-state index contributed by atoms with van der Waals surface area (Å²) in [6.45, 7) is 0. The van der Waals surface area contributed by atoms with Gasteiger partial charge in [-0.25, -0.2) is 4.98 Å². The van der Waals surface area contributed by atoms with Crippen molar-refractivity contribution in [3.8, 4) is 0 Å². The Morgan fingerprint density at radius 2 is 2.13 bits per heavy atom. The summed E-state index contributed by atoms with van der Waals surface area (Å²) >= 11 is 7.21. The Morgan fingerprint density at radius 3 is 3.00 bits per heavy atom. The zero-order valence-electron chi connectivity index (χ0n) is 16.9. The first-order chi connectivity index (χ1) is 15.2. The molecule has 3 aromatic rings. The van der Waals surface area contributed by atoms with E-state index in [-0.39, 0.29) is 11.5 Å². The Balaban J connectivity index is 1.13. The molecule has 0 radical (unpaired) electrons. The fraction of sp³-hybridized carbons (Fsp3) is 0.409. The van der Waals surface area contributed by atoms with Crippen molar-refractivity contribution in [2.24, 2.45) is 0 Å². The number of rotatable bonds is 7. The molecule has 162 valence electrons. The Kier molecular flexibility index (Phi) is 6.64. The van der Waals surface area contributed by atoms with Gasteiger partial charge in [0.2, 0.25) is 5.91 Å². The van der Waals surface area contributed by atoms with E-state index < -0.39 is 0 Å². The molecular formula is C22H23N3O2S4. The van der Waals surface area contributed by atoms with Gasteiger partial charge in [0.1, 0.15) is 10.7 Å². The van der Waals surface area contributed by atoms with Crippen molar-refractivity contribution >= 4 is 68.4 Å². The highest BCUT2D eigenvalue weighted by molar-refractivity contribution is 8.19. The van der Waals surface area contributed by atoms with Gasteiger partial charge in [-0.1, -0.05) is 12.1 Å². The molecule has 1 aromatic carbocycles. The summed E-state index contributed by atoms with van der Waals surface area (Å²) in [4.78, 5) is 34.7. The first-order valence-electron chi connectivity index (χ1n) is 10.4. The minimum Gasteiger partial charge on any atom is -0.326 e. The van der Waals surface area contributed by atoms with Crippen molar-refractivity contribution in [3.63, 3.8) is 0 Å². The Labute approximate surface area is 197 Å². The highest BCUT2D eigenvalue weighted by Crippen LogP contribution is 2.45. The lowest BCUT2D eigenvalue weighted by atomic mass is 10.2. The van der Waals surface area contributed by atoms with Crippen LogP contribution in [0, 0.1) is 0 Å². The number of hydrogen-bond donors (Lipinski definition) is 2. The number of fused-ring (bicyclic) bond motifs is 3. The predicted octanol–water partition coefficient (Wildman–Crippen LogP) is 5.21. The standard InChI is InChI=1S/C22H23N3O2S4/c26-18(23-14-4-1-3-13(11-14)22-29-9-10-30-22)7-8-28-12-17-24-20(27)19-15-5-2-6-16(15)31-21(19)25-17/h1,3-4,11,22H,2,5-10,12H2,(H,23,26)(H,24,25,27). The number of nitrogens with one attached hydrogen (secondary N) is 2. The van der Waals surface area contributed by atoms with Crippen LogP contribution in [-0.2, 0) is 23.4 Å². The second-order valence-electron chi connectivity index (χ2n) is 7.60. The average molecular weight is 490 g/mol. The number of nitrogens with zero attached hydrogens (tertiary/aromatic N) is 1. The summed E-state index contributed by atoms with van der Waals surface area (Å²) in [7, 11) is 0. The van der Waals surface area contributed by atoms with Gasteiger partial charge >= 0.3 is 0 Å². The quantitative estimate of drug-likeness (QED) is 0.444. The molecule has 9 heteroatoms. The molecular weight excluding hydrogens is 467 g/mol. The van der Waals surface area contributed by atoms with E-state index >= 15 is 0 Å². The van der Waals surface area contributed by atoms with E-state index in [1.165, 1.54) is 27.5 Å². The van der Waals surface area contributed by atoms with E-state index in [1.54, 1.807) is 23.1 Å². The van der Waals surface area contributed by atoms with Crippen LogP contribution in [0.15, 0.2) is 29.1 Å². The number of thiophene rings is 1. The molecule has 31 heavy (non-hydrogen) atoms. The number of thioether (sulfide) groups is 3. The molecule has 0 unspecified atom stereocenters. The molecule has 2 N–H and O–H groups in total. The van der Waals surface area contributed by atoms with Gasteiger partial charge in [-0.2, -0.15) is 11.8 Å². The smallest absolute Gasteiger partial charge is 0.259 e. The minimum absolute atomic E-state index is 0.0166. The van der Waals surface area contributed by atoms with Gasteiger partial charge in [0, 0.05) is 34.2 Å². The Hall–Kier alpha value is -1.42. The number of carbonyl (C=O) groups excluding carboxylic acids is 1. The number of H-pyrrole nitrogens is 1. The summed E-state index contributed by atoms with van der Waals surface area (Å²) in [6.07, 6.45) is 3.63. The molecule has 5 nitrogen and oxygen atoms in total. The molecule has 2 aliphatic rings. The van der Waals surface area contributed by atoms with Gasteiger partial charge in [-0.15, -0.1) is 34.9 Å². The van der Waals surface area contributed by atoms with Crippen LogP contribution in [0.5, 0.6) is 0 Å². The molecule has 5 rings (SSSR count). The minimum atomic E-state index is -0.0174. The Morgan fingerprint density at radius 1 is 1.26 bits per heavy atom. The molecule has 0 atom stereocenters. The summed E-state index contributed by atoms with van der Waals surface area (Å²) < 4.78 is 0.476. The number of carbonyl (C=O) groups is 1. The molecule has 0 saturated carbocycles. The third-order valence-corrected chi connectivity index (χ3v) is 10.7. The monoisotopic (exact) mass is 489 g/mol. The van der Waals surface area contributed by atoms with E-state index in [1.807, 2.05) is 35.7 Å². The van der Waals surface area contributed by atoms with Gasteiger partial charge in [0.25, 0.3) is 5.56 Å². The van der Waals surface area contributed by atoms with Crippen LogP contribution in [0.25, 0.3) is 10.2 Å². The third kappa shape index (κ3) is 4.84. The van der Waals surface area contributed by atoms with Crippen LogP contribution >= 0.6 is 46.6 Å². The van der Waals surface area contributed by atoms with Crippen molar-refractivity contribution in [2.45, 2.75) is 36.0 Å². The first kappa shape index (κ1) is 21.4. The summed E-state index contributed by atoms with van der Waals surface area (Å²) in [5, 5.41) is 3.81. The highest BCUT2D eigenvalue weighted by Gasteiger charge is 2.21. The highest BCUT2D eigenvalue weighted by atomic mass is 32.2. The van der Waals surface area contributed by atoms with Crippen LogP contribution in [0.1, 0.15) is 39.3 Å². The topological polar surface area (TPSA) is 74.8 Å². The maximum atomic E-state index is 12.5. The molecule has 1 aliphatic heterocycles. The van der Waals surface area contributed by atoms with Crippen molar-refractivity contribution in [1.29, 1.82) is 0 Å². The zero-order chi connectivity index (χ0) is 21.2. The third-order valence-electron chi connectivity index (χ3n) is 5.40. The van der Waals surface area contributed by atoms with E-state index in [0.29, 0.717) is 28.3 Å². The fourth-order valence-electron chi connectivity index (χ4n) is 3.99. The van der Waals surface area contributed by atoms with E-state index in [4.69, 9.17) is 0 Å². The molecule has 0 bridgehead atoms. The van der Waals surface area contributed by atoms with E-state index in [0.717, 1.165) is 35.2 Å². The summed E-state index contributed by atoms with van der Waals surface area (Å²) in [5.41, 5.74) is 3.32. The largest absolute Gasteiger partial charge is 0.326 e. The van der Waals surface area contributed by atoms with Crippen molar-refractivity contribution < 1.29 is 4.79 Å². The second kappa shape index (κ2) is 9.60. The molecule has 2 aromatic heterocycles. The van der Waals surface area contributed by atoms with Crippen molar-refractivity contribution in [2.75, 3.05) is 22.6 Å². The molecule has 1 aliphatic carbocycles. The number of aryl methyl sites for hydroxylation is 2. The zero-order valence-corrected chi connectivity index (χ0v) is 20.2. The number of aromatic amines is 1. The van der Waals surface area contributed by atoms with Crippen LogP contribution in [-0.4, -0.2) is 33.1 Å². The number of aromatic nitrogens is 2. The molecule has 3 heterocycles. The van der Waals surface area contributed by atoms with Crippen LogP contribution in [0.2, 0.25) is 0 Å². The molecule has 1 amide bonds. The lowest BCUT2D eigenvalue weighted by Gasteiger charge is -2.11. The fourth-order valence-corrected chi connectivity index (χ4v) is 8.91. The average Bonchev–Trinajstić information content (AvgIpc) is 3.48. The van der Waals surface area contributed by atoms with Crippen LogP contribution in [0.3, 0.4) is 0 Å². The SMILES string of the molecule is O=C(CCSCc1nc2sc3c(c2c(=O)[nH]1)CCC3)Nc1cccc(C2SCCS2)c1. The predicted molar refractivity (Wildman–Crippen MR) is 136 cm³/mol. The van der Waals surface area contributed by atoms with Crippen LogP contribution in [0.4, 0.5) is 5.69 Å². The van der Waals surface area contributed by atoms with Crippen molar-refractivity contribution in [3.05, 3.63) is 56.4 Å². The maximum absolute atomic E-state index is 12.5. The molecule has 1 fully saturated rings. The molecule has 0 spiro atoms. The van der Waals surface area contributed by atoms with Gasteiger partial charge in [-0.05, 0) is 42.5 Å². The van der Waals surface area contributed by atoms with Gasteiger partial charge < -0.3 is 10.3 Å². The lowest BCUT2D eigenvalue weighted by Crippen LogP contribution is -2.13. The summed E-state index contributed by atoms with van der Waals surface area (Å²) in [5.74, 6) is 4.37. The normalized spacial score (nSPS) is 16.1. The lowest BCUT2D eigenvalue weighted by molar-refractivity contribution is -0.115. The number of benzene rings is 1. The van der Waals surface area contributed by atoms with E-state index in [2.05, 4.69) is 27.4 Å². The summed E-state index contributed by atoms with van der Waals surface area (Å²) in [6, 6.07) is 8.18.